The third-order valence-corrected chi connectivity index (χ3v) is 6.07. The molecular formula is C27H22N4O3S. The van der Waals surface area contributed by atoms with Crippen LogP contribution in [0, 0.1) is 0 Å². The smallest absolute Gasteiger partial charge is 0.250 e. The van der Waals surface area contributed by atoms with Crippen molar-refractivity contribution in [1.29, 1.82) is 0 Å². The number of ether oxygens (including phenoxy) is 2. The molecule has 8 heteroatoms. The average Bonchev–Trinajstić information content (AvgIpc) is 3.47. The maximum Gasteiger partial charge on any atom is 0.250 e. The molecule has 0 atom stereocenters. The monoisotopic (exact) mass is 482 g/mol. The summed E-state index contributed by atoms with van der Waals surface area (Å²) in [4.78, 5) is 17.5. The number of thiazole rings is 1. The van der Waals surface area contributed by atoms with Gasteiger partial charge in [-0.3, -0.25) is 10.1 Å². The average molecular weight is 483 g/mol. The Balaban J connectivity index is 1.22. The van der Waals surface area contributed by atoms with Crippen molar-refractivity contribution in [1.82, 2.24) is 14.6 Å². The Labute approximate surface area is 206 Å². The maximum atomic E-state index is 12.4. The summed E-state index contributed by atoms with van der Waals surface area (Å²) in [6, 6.07) is 25.3. The molecule has 1 N–H and O–H groups in total. The van der Waals surface area contributed by atoms with Gasteiger partial charge in [-0.1, -0.05) is 54.6 Å². The molecule has 2 aromatic heterocycles. The Kier molecular flexibility index (Phi) is 6.54. The van der Waals surface area contributed by atoms with Crippen LogP contribution >= 0.6 is 11.3 Å². The van der Waals surface area contributed by atoms with E-state index in [9.17, 15) is 4.79 Å². The molecule has 0 fully saturated rings. The molecule has 0 unspecified atom stereocenters. The second-order valence-electron chi connectivity index (χ2n) is 7.62. The third-order valence-electron chi connectivity index (χ3n) is 5.26. The van der Waals surface area contributed by atoms with E-state index in [0.29, 0.717) is 11.6 Å². The number of fused-ring (bicyclic) bond motifs is 1. The number of carbonyl (C=O) groups excluding carboxylic acids is 1. The SMILES string of the molecule is COc1ccccc1-c1csc2nc(NC(=O)/C=C/c3ccc(OCc4ccccc4)cc3)nn12. The van der Waals surface area contributed by atoms with E-state index in [1.807, 2.05) is 84.2 Å². The number of rotatable bonds is 8. The highest BCUT2D eigenvalue weighted by atomic mass is 32.1. The minimum Gasteiger partial charge on any atom is -0.496 e. The van der Waals surface area contributed by atoms with Crippen molar-refractivity contribution in [2.24, 2.45) is 0 Å². The van der Waals surface area contributed by atoms with Crippen LogP contribution in [-0.4, -0.2) is 27.6 Å². The predicted octanol–water partition coefficient (Wildman–Crippen LogP) is 5.70. The Morgan fingerprint density at radius 2 is 1.80 bits per heavy atom. The number of hydrogen-bond acceptors (Lipinski definition) is 6. The normalized spacial score (nSPS) is 11.1. The molecule has 0 saturated carbocycles. The molecule has 0 aliphatic rings. The molecule has 174 valence electrons. The van der Waals surface area contributed by atoms with Crippen LogP contribution < -0.4 is 14.8 Å². The minimum absolute atomic E-state index is 0.243. The van der Waals surface area contributed by atoms with E-state index in [0.717, 1.165) is 33.9 Å². The number of para-hydroxylation sites is 1. The fourth-order valence-electron chi connectivity index (χ4n) is 3.52. The second kappa shape index (κ2) is 10.2. The Morgan fingerprint density at radius 1 is 1.03 bits per heavy atom. The summed E-state index contributed by atoms with van der Waals surface area (Å²) in [6.45, 7) is 0.506. The van der Waals surface area contributed by atoms with Crippen molar-refractivity contribution >= 4 is 34.2 Å². The number of aromatic nitrogens is 3. The number of amides is 1. The van der Waals surface area contributed by atoms with Gasteiger partial charge in [0.05, 0.1) is 12.8 Å². The molecule has 2 heterocycles. The fraction of sp³-hybridized carbons (Fsp3) is 0.0741. The summed E-state index contributed by atoms with van der Waals surface area (Å²) in [7, 11) is 1.63. The van der Waals surface area contributed by atoms with Crippen molar-refractivity contribution in [3.8, 4) is 22.8 Å². The summed E-state index contributed by atoms with van der Waals surface area (Å²) in [6.07, 6.45) is 3.19. The van der Waals surface area contributed by atoms with E-state index >= 15 is 0 Å². The zero-order chi connectivity index (χ0) is 24.0. The molecule has 0 bridgehead atoms. The van der Waals surface area contributed by atoms with Gasteiger partial charge in [0.15, 0.2) is 0 Å². The summed E-state index contributed by atoms with van der Waals surface area (Å²) >= 11 is 1.44. The van der Waals surface area contributed by atoms with Gasteiger partial charge in [0.25, 0.3) is 11.9 Å². The summed E-state index contributed by atoms with van der Waals surface area (Å²) in [5.41, 5.74) is 3.74. The molecule has 5 rings (SSSR count). The van der Waals surface area contributed by atoms with E-state index < -0.39 is 0 Å². The van der Waals surface area contributed by atoms with Crippen molar-refractivity contribution in [3.63, 3.8) is 0 Å². The van der Waals surface area contributed by atoms with Crippen LogP contribution in [-0.2, 0) is 11.4 Å². The highest BCUT2D eigenvalue weighted by molar-refractivity contribution is 7.15. The summed E-state index contributed by atoms with van der Waals surface area (Å²) < 4.78 is 13.0. The van der Waals surface area contributed by atoms with Gasteiger partial charge in [0.2, 0.25) is 4.96 Å². The standard InChI is InChI=1S/C27H22N4O3S/c1-33-24-10-6-5-9-22(24)23-18-35-27-29-26(30-31(23)27)28-25(32)16-13-19-11-14-21(15-12-19)34-17-20-7-3-2-4-8-20/h2-16,18H,17H2,1H3,(H,28,30,32)/b16-13+. The molecule has 0 aliphatic heterocycles. The number of methoxy groups -OCH3 is 1. The van der Waals surface area contributed by atoms with Crippen molar-refractivity contribution < 1.29 is 14.3 Å². The zero-order valence-electron chi connectivity index (χ0n) is 18.9. The summed E-state index contributed by atoms with van der Waals surface area (Å²) in [5, 5.41) is 9.15. The van der Waals surface area contributed by atoms with Gasteiger partial charge in [-0.2, -0.15) is 4.98 Å². The van der Waals surface area contributed by atoms with Crippen molar-refractivity contribution in [3.05, 3.63) is 101 Å². The van der Waals surface area contributed by atoms with Crippen LogP contribution in [0.25, 0.3) is 22.3 Å². The molecule has 0 saturated heterocycles. The van der Waals surface area contributed by atoms with Crippen LogP contribution in [0.1, 0.15) is 11.1 Å². The van der Waals surface area contributed by atoms with Crippen LogP contribution in [0.2, 0.25) is 0 Å². The molecule has 35 heavy (non-hydrogen) atoms. The maximum absolute atomic E-state index is 12.4. The largest absolute Gasteiger partial charge is 0.496 e. The Morgan fingerprint density at radius 3 is 2.60 bits per heavy atom. The van der Waals surface area contributed by atoms with Gasteiger partial charge in [-0.15, -0.1) is 16.4 Å². The van der Waals surface area contributed by atoms with E-state index in [1.165, 1.54) is 17.4 Å². The first-order valence-electron chi connectivity index (χ1n) is 10.9. The predicted molar refractivity (Wildman–Crippen MR) is 138 cm³/mol. The van der Waals surface area contributed by atoms with E-state index in [1.54, 1.807) is 17.7 Å². The van der Waals surface area contributed by atoms with Gasteiger partial charge >= 0.3 is 0 Å². The highest BCUT2D eigenvalue weighted by Gasteiger charge is 2.15. The second-order valence-corrected chi connectivity index (χ2v) is 8.45. The number of hydrogen-bond donors (Lipinski definition) is 1. The number of anilines is 1. The first-order valence-corrected chi connectivity index (χ1v) is 11.8. The van der Waals surface area contributed by atoms with Crippen molar-refractivity contribution in [2.75, 3.05) is 12.4 Å². The molecular weight excluding hydrogens is 460 g/mol. The third kappa shape index (κ3) is 5.23. The van der Waals surface area contributed by atoms with Crippen LogP contribution in [0.5, 0.6) is 11.5 Å². The minimum atomic E-state index is -0.313. The first kappa shape index (κ1) is 22.4. The number of nitrogens with one attached hydrogen (secondary N) is 1. The number of benzene rings is 3. The lowest BCUT2D eigenvalue weighted by molar-refractivity contribution is -0.111. The van der Waals surface area contributed by atoms with Gasteiger partial charge in [0, 0.05) is 17.0 Å². The van der Waals surface area contributed by atoms with E-state index in [4.69, 9.17) is 9.47 Å². The number of nitrogens with zero attached hydrogens (tertiary/aromatic N) is 3. The van der Waals surface area contributed by atoms with Gasteiger partial charge < -0.3 is 9.47 Å². The van der Waals surface area contributed by atoms with Gasteiger partial charge in [0.1, 0.15) is 18.1 Å². The van der Waals surface area contributed by atoms with E-state index in [-0.39, 0.29) is 11.9 Å². The van der Waals surface area contributed by atoms with Crippen LogP contribution in [0.3, 0.4) is 0 Å². The molecule has 5 aromatic rings. The molecule has 1 amide bonds. The zero-order valence-corrected chi connectivity index (χ0v) is 19.7. The highest BCUT2D eigenvalue weighted by Crippen LogP contribution is 2.32. The summed E-state index contributed by atoms with van der Waals surface area (Å²) in [5.74, 6) is 1.44. The molecule has 3 aromatic carbocycles. The number of carbonyl (C=O) groups is 1. The molecule has 7 nitrogen and oxygen atoms in total. The molecule has 0 spiro atoms. The Hall–Kier alpha value is -4.43. The van der Waals surface area contributed by atoms with Gasteiger partial charge in [-0.25, -0.2) is 4.52 Å². The first-order chi connectivity index (χ1) is 17.2. The topological polar surface area (TPSA) is 77.8 Å². The quantitative estimate of drug-likeness (QED) is 0.287. The lowest BCUT2D eigenvalue weighted by Gasteiger charge is -2.06. The van der Waals surface area contributed by atoms with Crippen LogP contribution in [0.4, 0.5) is 5.95 Å². The lowest BCUT2D eigenvalue weighted by atomic mass is 10.1. The lowest BCUT2D eigenvalue weighted by Crippen LogP contribution is -2.09. The molecule has 0 aliphatic carbocycles. The fourth-order valence-corrected chi connectivity index (χ4v) is 4.34. The Bertz CT molecular complexity index is 1470. The molecule has 0 radical (unpaired) electrons. The van der Waals surface area contributed by atoms with Crippen molar-refractivity contribution in [2.45, 2.75) is 6.61 Å². The van der Waals surface area contributed by atoms with E-state index in [2.05, 4.69) is 15.4 Å². The van der Waals surface area contributed by atoms with Gasteiger partial charge in [-0.05, 0) is 41.5 Å². The van der Waals surface area contributed by atoms with Crippen LogP contribution in [0.15, 0.2) is 90.3 Å².